The van der Waals surface area contributed by atoms with Crippen LogP contribution < -0.4 is 5.32 Å². The van der Waals surface area contributed by atoms with Gasteiger partial charge in [-0.05, 0) is 31.9 Å². The van der Waals surface area contributed by atoms with Crippen molar-refractivity contribution in [2.24, 2.45) is 0 Å². The first-order chi connectivity index (χ1) is 6.36. The van der Waals surface area contributed by atoms with Crippen molar-refractivity contribution in [2.75, 3.05) is 26.5 Å². The molecule has 3 heteroatoms. The first kappa shape index (κ1) is 11.3. The molecule has 1 aliphatic rings. The molecule has 0 spiro atoms. The second kappa shape index (κ2) is 6.68. The van der Waals surface area contributed by atoms with Crippen molar-refractivity contribution in [2.45, 2.75) is 37.0 Å². The van der Waals surface area contributed by atoms with E-state index in [2.05, 4.69) is 11.6 Å². The molecule has 0 unspecified atom stereocenters. The molecular formula is C10H21NOS. The Morgan fingerprint density at radius 3 is 2.54 bits per heavy atom. The molecular weight excluding hydrogens is 182 g/mol. The summed E-state index contributed by atoms with van der Waals surface area (Å²) in [5, 5.41) is 4.45. The number of nitrogens with one attached hydrogen (secondary N) is 1. The largest absolute Gasteiger partial charge is 0.383 e. The standard InChI is InChI=1S/C10H21NOS/c1-12-8-7-11-9-3-5-10(13-2)6-4-9/h9-11H,3-8H2,1-2H3. The summed E-state index contributed by atoms with van der Waals surface area (Å²) in [5.74, 6) is 0. The fourth-order valence-corrected chi connectivity index (χ4v) is 2.61. The molecule has 1 rings (SSSR count). The maximum absolute atomic E-state index is 5.01. The molecule has 1 aliphatic carbocycles. The quantitative estimate of drug-likeness (QED) is 0.690. The molecule has 1 saturated carbocycles. The molecule has 0 heterocycles. The second-order valence-electron chi connectivity index (χ2n) is 3.66. The van der Waals surface area contributed by atoms with Crippen LogP contribution in [0, 0.1) is 0 Å². The van der Waals surface area contributed by atoms with Gasteiger partial charge in [0.1, 0.15) is 0 Å². The van der Waals surface area contributed by atoms with Crippen molar-refractivity contribution < 1.29 is 4.74 Å². The summed E-state index contributed by atoms with van der Waals surface area (Å²) in [6.07, 6.45) is 7.67. The van der Waals surface area contributed by atoms with Gasteiger partial charge in [0.2, 0.25) is 0 Å². The summed E-state index contributed by atoms with van der Waals surface area (Å²) in [6.45, 7) is 1.84. The molecule has 0 saturated heterocycles. The third kappa shape index (κ3) is 4.34. The van der Waals surface area contributed by atoms with E-state index in [-0.39, 0.29) is 0 Å². The van der Waals surface area contributed by atoms with Crippen LogP contribution in [0.25, 0.3) is 0 Å². The molecule has 0 aliphatic heterocycles. The molecule has 1 N–H and O–H groups in total. The van der Waals surface area contributed by atoms with Gasteiger partial charge in [-0.15, -0.1) is 0 Å². The zero-order chi connectivity index (χ0) is 9.52. The number of thioether (sulfide) groups is 1. The average Bonchev–Trinajstić information content (AvgIpc) is 2.19. The Balaban J connectivity index is 2.03. The van der Waals surface area contributed by atoms with E-state index in [0.29, 0.717) is 0 Å². The Kier molecular flexibility index (Phi) is 5.83. The van der Waals surface area contributed by atoms with Crippen molar-refractivity contribution in [3.8, 4) is 0 Å². The summed E-state index contributed by atoms with van der Waals surface area (Å²) in [5.41, 5.74) is 0. The molecule has 0 aromatic heterocycles. The average molecular weight is 203 g/mol. The number of hydrogen-bond acceptors (Lipinski definition) is 3. The topological polar surface area (TPSA) is 21.3 Å². The van der Waals surface area contributed by atoms with Crippen molar-refractivity contribution in [1.82, 2.24) is 5.32 Å². The summed E-state index contributed by atoms with van der Waals surface area (Å²) < 4.78 is 5.01. The normalized spacial score (nSPS) is 29.1. The lowest BCUT2D eigenvalue weighted by Crippen LogP contribution is -2.35. The Bertz CT molecular complexity index is 121. The van der Waals surface area contributed by atoms with Gasteiger partial charge in [0.15, 0.2) is 0 Å². The minimum atomic E-state index is 0.749. The maximum Gasteiger partial charge on any atom is 0.0587 e. The summed E-state index contributed by atoms with van der Waals surface area (Å²) >= 11 is 2.02. The minimum absolute atomic E-state index is 0.749. The van der Waals surface area contributed by atoms with Crippen LogP contribution in [-0.4, -0.2) is 37.8 Å². The summed E-state index contributed by atoms with van der Waals surface area (Å²) in [4.78, 5) is 0. The van der Waals surface area contributed by atoms with Crippen LogP contribution in [0.1, 0.15) is 25.7 Å². The molecule has 13 heavy (non-hydrogen) atoms. The highest BCUT2D eigenvalue weighted by Gasteiger charge is 2.19. The SMILES string of the molecule is COCCNC1CCC(SC)CC1. The van der Waals surface area contributed by atoms with Gasteiger partial charge in [-0.2, -0.15) is 11.8 Å². The van der Waals surface area contributed by atoms with Crippen LogP contribution in [0.15, 0.2) is 0 Å². The van der Waals surface area contributed by atoms with E-state index in [1.807, 2.05) is 11.8 Å². The Morgan fingerprint density at radius 2 is 2.00 bits per heavy atom. The molecule has 0 aromatic rings. The van der Waals surface area contributed by atoms with Gasteiger partial charge in [-0.25, -0.2) is 0 Å². The third-order valence-corrected chi connectivity index (χ3v) is 3.88. The zero-order valence-corrected chi connectivity index (χ0v) is 9.53. The fraction of sp³-hybridized carbons (Fsp3) is 1.00. The van der Waals surface area contributed by atoms with Crippen molar-refractivity contribution >= 4 is 11.8 Å². The number of ether oxygens (including phenoxy) is 1. The lowest BCUT2D eigenvalue weighted by Gasteiger charge is -2.28. The van der Waals surface area contributed by atoms with E-state index in [1.54, 1.807) is 7.11 Å². The summed E-state index contributed by atoms with van der Waals surface area (Å²) in [6, 6.07) is 0.749. The van der Waals surface area contributed by atoms with E-state index in [0.717, 1.165) is 24.4 Å². The van der Waals surface area contributed by atoms with Gasteiger partial charge in [0.25, 0.3) is 0 Å². The summed E-state index contributed by atoms with van der Waals surface area (Å²) in [7, 11) is 1.76. The van der Waals surface area contributed by atoms with Crippen LogP contribution in [-0.2, 0) is 4.74 Å². The van der Waals surface area contributed by atoms with Gasteiger partial charge in [-0.3, -0.25) is 0 Å². The van der Waals surface area contributed by atoms with Crippen LogP contribution in [0.5, 0.6) is 0 Å². The van der Waals surface area contributed by atoms with Crippen LogP contribution >= 0.6 is 11.8 Å². The van der Waals surface area contributed by atoms with Crippen LogP contribution in [0.3, 0.4) is 0 Å². The first-order valence-corrected chi connectivity index (χ1v) is 6.40. The first-order valence-electron chi connectivity index (χ1n) is 5.12. The Morgan fingerprint density at radius 1 is 1.31 bits per heavy atom. The smallest absolute Gasteiger partial charge is 0.0587 e. The van der Waals surface area contributed by atoms with Crippen LogP contribution in [0.4, 0.5) is 0 Å². The monoisotopic (exact) mass is 203 g/mol. The number of hydrogen-bond donors (Lipinski definition) is 1. The fourth-order valence-electron chi connectivity index (χ4n) is 1.87. The Labute approximate surface area is 85.8 Å². The molecule has 0 bridgehead atoms. The van der Waals surface area contributed by atoms with E-state index < -0.39 is 0 Å². The Hall–Kier alpha value is 0.270. The number of methoxy groups -OCH3 is 1. The van der Waals surface area contributed by atoms with E-state index in [1.165, 1.54) is 25.7 Å². The predicted molar refractivity (Wildman–Crippen MR) is 59.4 cm³/mol. The van der Waals surface area contributed by atoms with Gasteiger partial charge >= 0.3 is 0 Å². The predicted octanol–water partition coefficient (Wildman–Crippen LogP) is 1.90. The number of rotatable bonds is 5. The van der Waals surface area contributed by atoms with E-state index in [9.17, 15) is 0 Å². The zero-order valence-electron chi connectivity index (χ0n) is 8.71. The highest BCUT2D eigenvalue weighted by atomic mass is 32.2. The lowest BCUT2D eigenvalue weighted by molar-refractivity contribution is 0.192. The van der Waals surface area contributed by atoms with E-state index in [4.69, 9.17) is 4.74 Å². The van der Waals surface area contributed by atoms with Crippen molar-refractivity contribution in [1.29, 1.82) is 0 Å². The molecule has 0 amide bonds. The molecule has 0 atom stereocenters. The molecule has 78 valence electrons. The van der Waals surface area contributed by atoms with Gasteiger partial charge in [-0.1, -0.05) is 0 Å². The third-order valence-electron chi connectivity index (χ3n) is 2.75. The van der Waals surface area contributed by atoms with Gasteiger partial charge in [0, 0.05) is 24.9 Å². The second-order valence-corrected chi connectivity index (χ2v) is 4.79. The molecule has 0 radical (unpaired) electrons. The lowest BCUT2D eigenvalue weighted by atomic mass is 9.95. The highest BCUT2D eigenvalue weighted by Crippen LogP contribution is 2.26. The minimum Gasteiger partial charge on any atom is -0.383 e. The van der Waals surface area contributed by atoms with Crippen molar-refractivity contribution in [3.05, 3.63) is 0 Å². The molecule has 1 fully saturated rings. The van der Waals surface area contributed by atoms with Crippen LogP contribution in [0.2, 0.25) is 0 Å². The maximum atomic E-state index is 5.01. The van der Waals surface area contributed by atoms with Crippen molar-refractivity contribution in [3.63, 3.8) is 0 Å². The molecule has 2 nitrogen and oxygen atoms in total. The van der Waals surface area contributed by atoms with E-state index >= 15 is 0 Å². The highest BCUT2D eigenvalue weighted by molar-refractivity contribution is 7.99. The van der Waals surface area contributed by atoms with Gasteiger partial charge < -0.3 is 10.1 Å². The van der Waals surface area contributed by atoms with Gasteiger partial charge in [0.05, 0.1) is 6.61 Å². The molecule has 0 aromatic carbocycles.